The molecule has 0 atom stereocenters. The van der Waals surface area contributed by atoms with E-state index in [1.807, 2.05) is 0 Å². The first kappa shape index (κ1) is 19.8. The molecule has 4 rings (SSSR count). The molecule has 8 nitrogen and oxygen atoms in total. The lowest BCUT2D eigenvalue weighted by molar-refractivity contribution is -0.384. The molecule has 0 spiro atoms. The molecule has 0 saturated heterocycles. The molecule has 0 aliphatic heterocycles. The van der Waals surface area contributed by atoms with Gasteiger partial charge in [-0.05, 0) is 42.0 Å². The van der Waals surface area contributed by atoms with E-state index in [0.717, 1.165) is 0 Å². The first-order valence-electron chi connectivity index (χ1n) is 9.24. The van der Waals surface area contributed by atoms with Gasteiger partial charge in [-0.15, -0.1) is 0 Å². The third kappa shape index (κ3) is 3.86. The van der Waals surface area contributed by atoms with Crippen molar-refractivity contribution in [2.75, 3.05) is 12.4 Å². The largest absolute Gasteiger partial charge is 0.497 e. The van der Waals surface area contributed by atoms with Gasteiger partial charge >= 0.3 is 0 Å². The average Bonchev–Trinajstić information content (AvgIpc) is 2.79. The van der Waals surface area contributed by atoms with Gasteiger partial charge in [0, 0.05) is 17.7 Å². The summed E-state index contributed by atoms with van der Waals surface area (Å²) in [7, 11) is 1.51. The van der Waals surface area contributed by atoms with Gasteiger partial charge in [-0.1, -0.05) is 24.3 Å². The predicted molar refractivity (Wildman–Crippen MR) is 116 cm³/mol. The van der Waals surface area contributed by atoms with Crippen molar-refractivity contribution in [2.45, 2.75) is 0 Å². The van der Waals surface area contributed by atoms with E-state index in [2.05, 4.69) is 5.32 Å². The average molecular weight is 416 g/mol. The van der Waals surface area contributed by atoms with Crippen molar-refractivity contribution < 1.29 is 18.9 Å². The van der Waals surface area contributed by atoms with E-state index < -0.39 is 10.8 Å². The summed E-state index contributed by atoms with van der Waals surface area (Å²) in [6.07, 6.45) is 0. The molecular weight excluding hydrogens is 400 g/mol. The first-order chi connectivity index (χ1) is 15.0. The summed E-state index contributed by atoms with van der Waals surface area (Å²) in [4.78, 5) is 36.3. The number of nitro benzene ring substituents is 1. The Hall–Kier alpha value is -4.46. The number of anilines is 1. The standard InChI is InChI=1S/C23H16N2O6/c1-30-17-6-4-5-15(13-17)20-21(26)18-7-2-3-8-19(18)31-23(20)24-22(27)14-9-11-16(12-10-14)25(28)29/h2-13H,1H3,(H,24,27). The zero-order chi connectivity index (χ0) is 22.0. The Balaban J connectivity index is 1.83. The molecule has 1 aromatic heterocycles. The van der Waals surface area contributed by atoms with Crippen molar-refractivity contribution in [3.8, 4) is 16.9 Å². The minimum absolute atomic E-state index is 0.0275. The molecule has 0 radical (unpaired) electrons. The molecule has 4 aromatic rings. The van der Waals surface area contributed by atoms with Crippen LogP contribution in [-0.2, 0) is 0 Å². The Bertz CT molecular complexity index is 1360. The van der Waals surface area contributed by atoms with Gasteiger partial charge in [0.2, 0.25) is 11.3 Å². The first-order valence-corrected chi connectivity index (χ1v) is 9.24. The van der Waals surface area contributed by atoms with Crippen LogP contribution in [0.5, 0.6) is 5.75 Å². The zero-order valence-electron chi connectivity index (χ0n) is 16.3. The summed E-state index contributed by atoms with van der Waals surface area (Å²) in [5, 5.41) is 13.8. The number of nitro groups is 1. The number of hydrogen-bond acceptors (Lipinski definition) is 6. The maximum atomic E-state index is 13.3. The smallest absolute Gasteiger partial charge is 0.269 e. The molecule has 0 unspecified atom stereocenters. The molecule has 0 bridgehead atoms. The third-order valence-electron chi connectivity index (χ3n) is 4.72. The lowest BCUT2D eigenvalue weighted by Crippen LogP contribution is -2.16. The SMILES string of the molecule is COc1cccc(-c2c(NC(=O)c3ccc([N+](=O)[O-])cc3)oc3ccccc3c2=O)c1. The number of ether oxygens (including phenoxy) is 1. The molecule has 0 saturated carbocycles. The van der Waals surface area contributed by atoms with E-state index in [1.165, 1.54) is 31.4 Å². The minimum Gasteiger partial charge on any atom is -0.497 e. The Morgan fingerprint density at radius 2 is 1.77 bits per heavy atom. The number of amides is 1. The number of carbonyl (C=O) groups excluding carboxylic acids is 1. The van der Waals surface area contributed by atoms with Crippen LogP contribution in [0.1, 0.15) is 10.4 Å². The summed E-state index contributed by atoms with van der Waals surface area (Å²) in [6, 6.07) is 18.7. The highest BCUT2D eigenvalue weighted by molar-refractivity contribution is 6.06. The van der Waals surface area contributed by atoms with Crippen LogP contribution < -0.4 is 15.5 Å². The lowest BCUT2D eigenvalue weighted by Gasteiger charge is -2.12. The van der Waals surface area contributed by atoms with Crippen molar-refractivity contribution in [3.63, 3.8) is 0 Å². The van der Waals surface area contributed by atoms with E-state index in [-0.39, 0.29) is 28.1 Å². The number of nitrogens with zero attached hydrogens (tertiary/aromatic N) is 1. The fourth-order valence-corrected chi connectivity index (χ4v) is 3.18. The highest BCUT2D eigenvalue weighted by Crippen LogP contribution is 2.31. The normalized spacial score (nSPS) is 10.6. The summed E-state index contributed by atoms with van der Waals surface area (Å²) >= 11 is 0. The van der Waals surface area contributed by atoms with Crippen LogP contribution in [0.25, 0.3) is 22.1 Å². The van der Waals surface area contributed by atoms with Crippen LogP contribution in [0.4, 0.5) is 11.6 Å². The van der Waals surface area contributed by atoms with E-state index in [1.54, 1.807) is 48.5 Å². The van der Waals surface area contributed by atoms with Crippen LogP contribution in [0.15, 0.2) is 82.0 Å². The van der Waals surface area contributed by atoms with Crippen molar-refractivity contribution in [2.24, 2.45) is 0 Å². The van der Waals surface area contributed by atoms with Crippen molar-refractivity contribution in [1.82, 2.24) is 0 Å². The fourth-order valence-electron chi connectivity index (χ4n) is 3.18. The maximum absolute atomic E-state index is 13.3. The number of fused-ring (bicyclic) bond motifs is 1. The number of benzene rings is 3. The highest BCUT2D eigenvalue weighted by atomic mass is 16.6. The van der Waals surface area contributed by atoms with Crippen LogP contribution in [0.3, 0.4) is 0 Å². The molecule has 1 amide bonds. The van der Waals surface area contributed by atoms with Gasteiger partial charge in [0.25, 0.3) is 11.6 Å². The van der Waals surface area contributed by atoms with E-state index in [9.17, 15) is 19.7 Å². The number of methoxy groups -OCH3 is 1. The lowest BCUT2D eigenvalue weighted by atomic mass is 10.0. The molecule has 1 N–H and O–H groups in total. The van der Waals surface area contributed by atoms with Crippen LogP contribution in [0, 0.1) is 10.1 Å². The second-order valence-corrected chi connectivity index (χ2v) is 6.62. The van der Waals surface area contributed by atoms with Crippen molar-refractivity contribution in [3.05, 3.63) is 98.7 Å². The topological polar surface area (TPSA) is 112 Å². The maximum Gasteiger partial charge on any atom is 0.269 e. The molecular formula is C23H16N2O6. The van der Waals surface area contributed by atoms with Gasteiger partial charge in [-0.2, -0.15) is 0 Å². The Morgan fingerprint density at radius 3 is 2.48 bits per heavy atom. The Morgan fingerprint density at radius 1 is 1.03 bits per heavy atom. The van der Waals surface area contributed by atoms with Gasteiger partial charge in [0.15, 0.2) is 0 Å². The van der Waals surface area contributed by atoms with E-state index in [0.29, 0.717) is 22.3 Å². The number of non-ortho nitro benzene ring substituents is 1. The molecule has 0 fully saturated rings. The zero-order valence-corrected chi connectivity index (χ0v) is 16.3. The highest BCUT2D eigenvalue weighted by Gasteiger charge is 2.20. The molecule has 8 heteroatoms. The van der Waals surface area contributed by atoms with Gasteiger partial charge in [-0.25, -0.2) is 0 Å². The Labute approximate surface area is 175 Å². The summed E-state index contributed by atoms with van der Waals surface area (Å²) in [5.74, 6) is -0.0597. The fraction of sp³-hybridized carbons (Fsp3) is 0.0435. The number of hydrogen-bond donors (Lipinski definition) is 1. The quantitative estimate of drug-likeness (QED) is 0.375. The van der Waals surface area contributed by atoms with Gasteiger partial charge < -0.3 is 9.15 Å². The van der Waals surface area contributed by atoms with Crippen LogP contribution in [-0.4, -0.2) is 17.9 Å². The van der Waals surface area contributed by atoms with Crippen LogP contribution >= 0.6 is 0 Å². The van der Waals surface area contributed by atoms with Crippen LogP contribution in [0.2, 0.25) is 0 Å². The van der Waals surface area contributed by atoms with Crippen molar-refractivity contribution >= 4 is 28.4 Å². The molecule has 0 aliphatic rings. The van der Waals surface area contributed by atoms with Gasteiger partial charge in [0.05, 0.1) is 23.0 Å². The number of carbonyl (C=O) groups is 1. The van der Waals surface area contributed by atoms with E-state index in [4.69, 9.17) is 9.15 Å². The molecule has 31 heavy (non-hydrogen) atoms. The molecule has 0 aliphatic carbocycles. The monoisotopic (exact) mass is 416 g/mol. The summed E-state index contributed by atoms with van der Waals surface area (Å²) in [6.45, 7) is 0. The Kier molecular flexibility index (Phi) is 5.19. The predicted octanol–water partition coefficient (Wildman–Crippen LogP) is 4.63. The number of rotatable bonds is 5. The molecule has 3 aromatic carbocycles. The van der Waals surface area contributed by atoms with Gasteiger partial charge in [0.1, 0.15) is 11.3 Å². The molecule has 154 valence electrons. The minimum atomic E-state index is -0.572. The summed E-state index contributed by atoms with van der Waals surface area (Å²) < 4.78 is 11.1. The van der Waals surface area contributed by atoms with Crippen molar-refractivity contribution in [1.29, 1.82) is 0 Å². The molecule has 1 heterocycles. The number of nitrogens with one attached hydrogen (secondary N) is 1. The second-order valence-electron chi connectivity index (χ2n) is 6.62. The number of para-hydroxylation sites is 1. The summed E-state index contributed by atoms with van der Waals surface area (Å²) in [5.41, 5.74) is 0.738. The van der Waals surface area contributed by atoms with Gasteiger partial charge in [-0.3, -0.25) is 25.0 Å². The third-order valence-corrected chi connectivity index (χ3v) is 4.72. The van der Waals surface area contributed by atoms with E-state index >= 15 is 0 Å². The second kappa shape index (κ2) is 8.11.